The van der Waals surface area contributed by atoms with Gasteiger partial charge in [-0.25, -0.2) is 19.7 Å². The van der Waals surface area contributed by atoms with E-state index in [1.807, 2.05) is 22.8 Å². The zero-order valence-corrected chi connectivity index (χ0v) is 25.0. The first kappa shape index (κ1) is 28.4. The van der Waals surface area contributed by atoms with Crippen molar-refractivity contribution in [3.05, 3.63) is 35.0 Å². The first-order valence-electron chi connectivity index (χ1n) is 13.0. The zero-order valence-electron chi connectivity index (χ0n) is 22.7. The highest BCUT2D eigenvalue weighted by atomic mass is 35.5. The lowest BCUT2D eigenvalue weighted by molar-refractivity contribution is -0.134. The number of aromatic nitrogens is 5. The molecule has 2 amide bonds. The monoisotopic (exact) mass is 602 g/mol. The van der Waals surface area contributed by atoms with Crippen molar-refractivity contribution in [2.45, 2.75) is 68.2 Å². The van der Waals surface area contributed by atoms with Gasteiger partial charge in [-0.1, -0.05) is 17.7 Å². The lowest BCUT2D eigenvalue weighted by Gasteiger charge is -2.34. The Labute approximate surface area is 244 Å². The van der Waals surface area contributed by atoms with E-state index in [1.54, 1.807) is 38.9 Å². The van der Waals surface area contributed by atoms with E-state index in [0.717, 1.165) is 27.4 Å². The first-order chi connectivity index (χ1) is 19.0. The Hall–Kier alpha value is -3.16. The molecule has 1 atom stereocenters. The summed E-state index contributed by atoms with van der Waals surface area (Å²) in [5, 5.41) is 12.2. The van der Waals surface area contributed by atoms with Gasteiger partial charge in [-0.2, -0.15) is 0 Å². The molecule has 0 bridgehead atoms. The van der Waals surface area contributed by atoms with E-state index in [1.165, 1.54) is 23.1 Å². The fourth-order valence-corrected chi connectivity index (χ4v) is 6.84. The number of rotatable bonds is 6. The van der Waals surface area contributed by atoms with Crippen molar-refractivity contribution in [1.29, 1.82) is 5.41 Å². The Kier molecular flexibility index (Phi) is 8.07. The Morgan fingerprint density at radius 1 is 1.30 bits per heavy atom. The van der Waals surface area contributed by atoms with Crippen LogP contribution >= 0.6 is 34.7 Å². The van der Waals surface area contributed by atoms with Gasteiger partial charge in [-0.15, -0.1) is 11.3 Å². The van der Waals surface area contributed by atoms with E-state index in [9.17, 15) is 9.59 Å². The smallest absolute Gasteiger partial charge is 0.408 e. The van der Waals surface area contributed by atoms with Gasteiger partial charge in [0.05, 0.1) is 21.6 Å². The van der Waals surface area contributed by atoms with Gasteiger partial charge in [0.25, 0.3) is 0 Å². The number of halogens is 1. The maximum atomic E-state index is 12.9. The number of likely N-dealkylation sites (tertiary alicyclic amines) is 1. The second-order valence-electron chi connectivity index (χ2n) is 10.8. The van der Waals surface area contributed by atoms with Crippen molar-refractivity contribution >= 4 is 68.1 Å². The van der Waals surface area contributed by atoms with Crippen molar-refractivity contribution in [3.8, 4) is 0 Å². The van der Waals surface area contributed by atoms with E-state index in [0.29, 0.717) is 46.9 Å². The van der Waals surface area contributed by atoms with E-state index >= 15 is 0 Å². The van der Waals surface area contributed by atoms with E-state index in [-0.39, 0.29) is 11.4 Å². The zero-order chi connectivity index (χ0) is 28.6. The quantitative estimate of drug-likeness (QED) is 0.288. The van der Waals surface area contributed by atoms with Crippen LogP contribution in [0.15, 0.2) is 34.0 Å². The molecule has 0 radical (unpaired) electrons. The van der Waals surface area contributed by atoms with Crippen LogP contribution in [0.1, 0.15) is 40.5 Å². The summed E-state index contributed by atoms with van der Waals surface area (Å²) in [7, 11) is 0. The van der Waals surface area contributed by atoms with Gasteiger partial charge in [0, 0.05) is 19.6 Å². The molecule has 0 spiro atoms. The van der Waals surface area contributed by atoms with Gasteiger partial charge in [-0.3, -0.25) is 10.2 Å². The number of H-pyrrole nitrogens is 1. The van der Waals surface area contributed by atoms with Crippen molar-refractivity contribution in [1.82, 2.24) is 34.7 Å². The molecule has 1 saturated heterocycles. The molecule has 212 valence electrons. The number of benzene rings is 1. The van der Waals surface area contributed by atoms with Crippen LogP contribution in [0.2, 0.25) is 5.02 Å². The standard InChI is InChI=1S/C26H31ClN8O3S2/c1-14(30-24(37)38-26(2,3)4)22(36)34-10-8-15(9-11-34)12-35-13-29-20(28)18-21(35)33-23(32-18)40-25-31-17-7-5-6-16(27)19(17)39-25/h5-7,13-15,28H,8-12H2,1-4H3,(H,30,37)(H,32,33)/t14-/m1/s1. The summed E-state index contributed by atoms with van der Waals surface area (Å²) in [5.41, 5.74) is 1.58. The number of hydrogen-bond donors (Lipinski definition) is 3. The molecule has 0 unspecified atom stereocenters. The number of alkyl carbamates (subject to hydrolysis) is 1. The van der Waals surface area contributed by atoms with Crippen LogP contribution in [-0.4, -0.2) is 66.1 Å². The fourth-order valence-electron chi connectivity index (χ4n) is 4.60. The topological polar surface area (TPSA) is 142 Å². The second kappa shape index (κ2) is 11.4. The van der Waals surface area contributed by atoms with Crippen LogP contribution < -0.4 is 10.8 Å². The molecule has 3 aromatic heterocycles. The predicted octanol–water partition coefficient (Wildman–Crippen LogP) is 4.80. The summed E-state index contributed by atoms with van der Waals surface area (Å²) >= 11 is 9.21. The molecule has 0 aliphatic carbocycles. The van der Waals surface area contributed by atoms with Crippen LogP contribution in [-0.2, 0) is 16.1 Å². The third-order valence-corrected chi connectivity index (χ3v) is 8.99. The average Bonchev–Trinajstić information content (AvgIpc) is 3.50. The molecule has 3 N–H and O–H groups in total. The number of carbonyl (C=O) groups is 2. The van der Waals surface area contributed by atoms with E-state index < -0.39 is 17.7 Å². The largest absolute Gasteiger partial charge is 0.444 e. The number of aromatic amines is 1. The number of hydrogen-bond acceptors (Lipinski definition) is 9. The molecule has 4 aromatic rings. The number of imidazole rings is 1. The van der Waals surface area contributed by atoms with E-state index in [2.05, 4.69) is 20.3 Å². The highest BCUT2D eigenvalue weighted by molar-refractivity contribution is 8.01. The van der Waals surface area contributed by atoms with Crippen molar-refractivity contribution in [3.63, 3.8) is 0 Å². The third kappa shape index (κ3) is 6.42. The molecule has 5 rings (SSSR count). The Morgan fingerprint density at radius 3 is 2.75 bits per heavy atom. The highest BCUT2D eigenvalue weighted by Gasteiger charge is 2.28. The second-order valence-corrected chi connectivity index (χ2v) is 13.4. The summed E-state index contributed by atoms with van der Waals surface area (Å²) in [5.74, 6) is 0.189. The molecule has 1 aliphatic rings. The number of nitrogens with zero attached hydrogens (tertiary/aromatic N) is 5. The van der Waals surface area contributed by atoms with Crippen LogP contribution in [0, 0.1) is 11.3 Å². The summed E-state index contributed by atoms with van der Waals surface area (Å²) in [6.07, 6.45) is 2.67. The maximum Gasteiger partial charge on any atom is 0.408 e. The molecular weight excluding hydrogens is 572 g/mol. The molecule has 1 fully saturated rings. The summed E-state index contributed by atoms with van der Waals surface area (Å²) in [4.78, 5) is 43.7. The van der Waals surface area contributed by atoms with E-state index in [4.69, 9.17) is 26.7 Å². The molecule has 4 heterocycles. The molecular formula is C26H31ClN8O3S2. The normalized spacial score (nSPS) is 15.5. The molecule has 14 heteroatoms. The average molecular weight is 603 g/mol. The Balaban J connectivity index is 1.22. The fraction of sp³-hybridized carbons (Fsp3) is 0.462. The Morgan fingerprint density at radius 2 is 2.05 bits per heavy atom. The molecule has 40 heavy (non-hydrogen) atoms. The van der Waals surface area contributed by atoms with Crippen molar-refractivity contribution in [2.24, 2.45) is 5.92 Å². The minimum atomic E-state index is -0.666. The van der Waals surface area contributed by atoms with Crippen LogP contribution in [0.25, 0.3) is 21.4 Å². The van der Waals surface area contributed by atoms with Crippen LogP contribution in [0.3, 0.4) is 0 Å². The van der Waals surface area contributed by atoms with Gasteiger partial charge in [0.15, 0.2) is 20.6 Å². The lowest BCUT2D eigenvalue weighted by atomic mass is 9.96. The van der Waals surface area contributed by atoms with Crippen LogP contribution in [0.5, 0.6) is 0 Å². The number of carbonyl (C=O) groups excluding carboxylic acids is 2. The van der Waals surface area contributed by atoms with Gasteiger partial charge in [-0.05, 0) is 70.3 Å². The molecule has 1 aliphatic heterocycles. The SMILES string of the molecule is C[C@@H](NC(=O)OC(C)(C)C)C(=O)N1CCC(Cn2cnc(=N)c3[nH]c(Sc4nc5cccc(Cl)c5s4)nc32)CC1. The Bertz CT molecular complexity index is 1620. The number of thiazole rings is 1. The van der Waals surface area contributed by atoms with Gasteiger partial charge in [0.2, 0.25) is 5.91 Å². The lowest BCUT2D eigenvalue weighted by Crippen LogP contribution is -2.50. The molecule has 11 nitrogen and oxygen atoms in total. The predicted molar refractivity (Wildman–Crippen MR) is 155 cm³/mol. The minimum absolute atomic E-state index is 0.121. The molecule has 1 aromatic carbocycles. The number of ether oxygens (including phenoxy) is 1. The van der Waals surface area contributed by atoms with Gasteiger partial charge in [0.1, 0.15) is 17.2 Å². The summed E-state index contributed by atoms with van der Waals surface area (Å²) in [6, 6.07) is 4.99. The highest BCUT2D eigenvalue weighted by Crippen LogP contribution is 2.36. The minimum Gasteiger partial charge on any atom is -0.444 e. The van der Waals surface area contributed by atoms with Gasteiger partial charge >= 0.3 is 6.09 Å². The third-order valence-electron chi connectivity index (χ3n) is 6.51. The number of amides is 2. The summed E-state index contributed by atoms with van der Waals surface area (Å²) in [6.45, 7) is 8.89. The maximum absolute atomic E-state index is 12.9. The van der Waals surface area contributed by atoms with Crippen molar-refractivity contribution < 1.29 is 14.3 Å². The van der Waals surface area contributed by atoms with Crippen molar-refractivity contribution in [2.75, 3.05) is 13.1 Å². The number of nitrogens with one attached hydrogen (secondary N) is 3. The number of piperidine rings is 1. The van der Waals surface area contributed by atoms with Gasteiger partial charge < -0.3 is 24.5 Å². The molecule has 0 saturated carbocycles. The number of fused-ring (bicyclic) bond motifs is 2. The van der Waals surface area contributed by atoms with Crippen LogP contribution in [0.4, 0.5) is 4.79 Å². The first-order valence-corrected chi connectivity index (χ1v) is 15.0. The summed E-state index contributed by atoms with van der Waals surface area (Å²) < 4.78 is 8.97.